The summed E-state index contributed by atoms with van der Waals surface area (Å²) in [6.45, 7) is 7.19. The van der Waals surface area contributed by atoms with Crippen LogP contribution in [0.4, 0.5) is 22.0 Å². The van der Waals surface area contributed by atoms with Crippen LogP contribution < -0.4 is 16.0 Å². The van der Waals surface area contributed by atoms with Gasteiger partial charge in [0.15, 0.2) is 5.65 Å². The molecule has 2 amide bonds. The Morgan fingerprint density at radius 2 is 1.98 bits per heavy atom. The summed E-state index contributed by atoms with van der Waals surface area (Å²) in [6.07, 6.45) is 7.45. The van der Waals surface area contributed by atoms with Gasteiger partial charge in [-0.1, -0.05) is 19.9 Å². The highest BCUT2D eigenvalue weighted by molar-refractivity contribution is 5.94. The molecule has 0 spiro atoms. The molecule has 1 unspecified atom stereocenters. The number of nitrogens with one attached hydrogen (secondary N) is 3. The summed E-state index contributed by atoms with van der Waals surface area (Å²) < 4.78 is 22.0. The van der Waals surface area contributed by atoms with Gasteiger partial charge >= 0.3 is 0 Å². The van der Waals surface area contributed by atoms with Gasteiger partial charge in [-0.25, -0.2) is 4.39 Å². The number of halogens is 1. The minimum Gasteiger partial charge on any atom is -0.381 e. The Labute approximate surface area is 257 Å². The number of hydrogen-bond donors (Lipinski definition) is 3. The largest absolute Gasteiger partial charge is 0.381 e. The number of benzene rings is 1. The number of amides is 2. The number of likely N-dealkylation sites (tertiary alicyclic amines) is 1. The molecular weight excluding hydrogens is 565 g/mol. The zero-order chi connectivity index (χ0) is 31.2. The lowest BCUT2D eigenvalue weighted by Crippen LogP contribution is -2.30. The van der Waals surface area contributed by atoms with E-state index >= 15 is 0 Å². The quantitative estimate of drug-likeness (QED) is 0.281. The first-order chi connectivity index (χ1) is 21.2. The van der Waals surface area contributed by atoms with Crippen molar-refractivity contribution in [2.24, 2.45) is 5.92 Å². The maximum Gasteiger partial charge on any atom is 0.246 e. The van der Waals surface area contributed by atoms with Gasteiger partial charge in [-0.05, 0) is 57.5 Å². The van der Waals surface area contributed by atoms with Gasteiger partial charge in [0.2, 0.25) is 23.7 Å². The Morgan fingerprint density at radius 1 is 1.18 bits per heavy atom. The second kappa shape index (κ2) is 14.1. The molecule has 44 heavy (non-hydrogen) atoms. The van der Waals surface area contributed by atoms with Crippen LogP contribution in [-0.4, -0.2) is 94.2 Å². The van der Waals surface area contributed by atoms with Crippen LogP contribution >= 0.6 is 0 Å². The summed E-state index contributed by atoms with van der Waals surface area (Å²) >= 11 is 0. The lowest BCUT2D eigenvalue weighted by molar-refractivity contribution is -0.125. The number of likely N-dealkylation sites (N-methyl/N-ethyl adjacent to an activating group) is 1. The predicted molar refractivity (Wildman–Crippen MR) is 167 cm³/mol. The third-order valence-corrected chi connectivity index (χ3v) is 7.92. The first kappa shape index (κ1) is 31.3. The van der Waals surface area contributed by atoms with E-state index in [9.17, 15) is 14.0 Å². The molecule has 13 heteroatoms. The number of fused-ring (bicyclic) bond motifs is 1. The highest BCUT2D eigenvalue weighted by Crippen LogP contribution is 2.25. The lowest BCUT2D eigenvalue weighted by atomic mass is 10.1. The van der Waals surface area contributed by atoms with E-state index in [1.165, 1.54) is 6.07 Å². The van der Waals surface area contributed by atoms with E-state index in [0.717, 1.165) is 18.4 Å². The molecule has 12 nitrogen and oxygen atoms in total. The van der Waals surface area contributed by atoms with Gasteiger partial charge in [0.1, 0.15) is 5.82 Å². The number of hydrogen-bond acceptors (Lipinski definition) is 9. The summed E-state index contributed by atoms with van der Waals surface area (Å²) in [4.78, 5) is 38.6. The predicted octanol–water partition coefficient (Wildman–Crippen LogP) is 3.49. The Hall–Kier alpha value is -4.10. The molecule has 1 aromatic carbocycles. The molecule has 4 heterocycles. The number of ether oxygens (including phenoxy) is 1. The Morgan fingerprint density at radius 3 is 2.73 bits per heavy atom. The molecule has 236 valence electrons. The van der Waals surface area contributed by atoms with E-state index in [4.69, 9.17) is 9.72 Å². The number of nitrogens with zero attached hydrogens (tertiary/aromatic N) is 6. The number of aromatic nitrogens is 4. The van der Waals surface area contributed by atoms with Crippen molar-refractivity contribution >= 4 is 35.0 Å². The maximum absolute atomic E-state index is 14.9. The molecule has 2 aromatic heterocycles. The molecule has 0 bridgehead atoms. The van der Waals surface area contributed by atoms with E-state index in [1.807, 2.05) is 25.1 Å². The van der Waals surface area contributed by atoms with E-state index in [-0.39, 0.29) is 36.2 Å². The average molecular weight is 608 g/mol. The fourth-order valence-corrected chi connectivity index (χ4v) is 5.36. The van der Waals surface area contributed by atoms with Crippen molar-refractivity contribution in [3.05, 3.63) is 53.5 Å². The van der Waals surface area contributed by atoms with Crippen LogP contribution in [0.15, 0.2) is 36.5 Å². The first-order valence-corrected chi connectivity index (χ1v) is 15.2. The molecule has 0 aliphatic carbocycles. The monoisotopic (exact) mass is 607 g/mol. The SMILES string of the molecule is CC(C)c1cnn2c(NCc3cc(NC(=O)C4CCN(C(=O)C=CCN(C)C)C4)ccc3F)nc(NC3CCOCC3)nc12. The van der Waals surface area contributed by atoms with Crippen LogP contribution in [0, 0.1) is 11.7 Å². The second-order valence-corrected chi connectivity index (χ2v) is 12.0. The minimum absolute atomic E-state index is 0.0973. The van der Waals surface area contributed by atoms with Gasteiger partial charge < -0.3 is 30.5 Å². The Bertz CT molecular complexity index is 1500. The fourth-order valence-electron chi connectivity index (χ4n) is 5.36. The van der Waals surface area contributed by atoms with Crippen molar-refractivity contribution < 1.29 is 18.7 Å². The lowest BCUT2D eigenvalue weighted by Gasteiger charge is -2.23. The van der Waals surface area contributed by atoms with Crippen molar-refractivity contribution in [1.82, 2.24) is 29.4 Å². The van der Waals surface area contributed by atoms with E-state index in [2.05, 4.69) is 39.9 Å². The number of carbonyl (C=O) groups is 2. The molecule has 2 saturated heterocycles. The molecule has 2 fully saturated rings. The van der Waals surface area contributed by atoms with Gasteiger partial charge in [-0.2, -0.15) is 19.6 Å². The third kappa shape index (κ3) is 7.69. The molecule has 2 aliphatic heterocycles. The van der Waals surface area contributed by atoms with Crippen LogP contribution in [0.5, 0.6) is 0 Å². The zero-order valence-electron chi connectivity index (χ0n) is 25.8. The second-order valence-electron chi connectivity index (χ2n) is 12.0. The summed E-state index contributed by atoms with van der Waals surface area (Å²) in [5, 5.41) is 14.1. The van der Waals surface area contributed by atoms with E-state index in [1.54, 1.807) is 33.8 Å². The summed E-state index contributed by atoms with van der Waals surface area (Å²) in [5.41, 5.74) is 2.52. The van der Waals surface area contributed by atoms with Gasteiger partial charge in [0.05, 0.1) is 12.1 Å². The maximum atomic E-state index is 14.9. The van der Waals surface area contributed by atoms with Crippen molar-refractivity contribution in [1.29, 1.82) is 0 Å². The van der Waals surface area contributed by atoms with Crippen LogP contribution in [-0.2, 0) is 20.9 Å². The average Bonchev–Trinajstić information content (AvgIpc) is 3.66. The summed E-state index contributed by atoms with van der Waals surface area (Å²) in [5.74, 6) is 0.0786. The fraction of sp³-hybridized carbons (Fsp3) is 0.516. The number of carbonyl (C=O) groups excluding carboxylic acids is 2. The zero-order valence-corrected chi connectivity index (χ0v) is 25.8. The molecule has 0 saturated carbocycles. The Kier molecular flexibility index (Phi) is 10.1. The van der Waals surface area contributed by atoms with Crippen molar-refractivity contribution in [2.75, 3.05) is 62.9 Å². The molecule has 3 aromatic rings. The van der Waals surface area contributed by atoms with Gasteiger partial charge in [-0.3, -0.25) is 9.59 Å². The van der Waals surface area contributed by atoms with Crippen molar-refractivity contribution in [3.8, 4) is 0 Å². The summed E-state index contributed by atoms with van der Waals surface area (Å²) in [7, 11) is 3.86. The Balaban J connectivity index is 1.26. The van der Waals surface area contributed by atoms with Crippen molar-refractivity contribution in [2.45, 2.75) is 51.6 Å². The van der Waals surface area contributed by atoms with Crippen LogP contribution in [0.2, 0.25) is 0 Å². The van der Waals surface area contributed by atoms with Crippen molar-refractivity contribution in [3.63, 3.8) is 0 Å². The summed E-state index contributed by atoms with van der Waals surface area (Å²) in [6, 6.07) is 4.70. The third-order valence-electron chi connectivity index (χ3n) is 7.92. The minimum atomic E-state index is -0.410. The highest BCUT2D eigenvalue weighted by Gasteiger charge is 2.30. The van der Waals surface area contributed by atoms with E-state index < -0.39 is 5.82 Å². The van der Waals surface area contributed by atoms with Crippen LogP contribution in [0.25, 0.3) is 5.65 Å². The molecule has 3 N–H and O–H groups in total. The molecule has 0 radical (unpaired) electrons. The number of anilines is 3. The molecule has 2 aliphatic rings. The van der Waals surface area contributed by atoms with Crippen LogP contribution in [0.3, 0.4) is 0 Å². The topological polar surface area (TPSA) is 129 Å². The van der Waals surface area contributed by atoms with Gasteiger partial charge in [0.25, 0.3) is 0 Å². The smallest absolute Gasteiger partial charge is 0.246 e. The normalized spacial score (nSPS) is 17.7. The highest BCUT2D eigenvalue weighted by atomic mass is 19.1. The van der Waals surface area contributed by atoms with Crippen LogP contribution in [0.1, 0.15) is 50.2 Å². The molecule has 1 atom stereocenters. The van der Waals surface area contributed by atoms with E-state index in [0.29, 0.717) is 68.1 Å². The molecular formula is C31H42FN9O3. The number of rotatable bonds is 11. The molecule has 5 rings (SSSR count). The standard InChI is InChI=1S/C31H42FN9O3/c1-20(2)25-18-34-41-28(25)37-30(36-23-10-14-44-15-11-23)38-31(41)33-17-22-16-24(7-8-26(22)32)35-29(43)21-9-13-40(19-21)27(42)6-5-12-39(3)4/h5-8,16,18,20-21,23H,9-15,17,19H2,1-4H3,(H,35,43)(H2,33,36,37,38). The first-order valence-electron chi connectivity index (χ1n) is 15.2. The van der Waals surface area contributed by atoms with Gasteiger partial charge in [-0.15, -0.1) is 0 Å². The van der Waals surface area contributed by atoms with Gasteiger partial charge in [0, 0.05) is 68.3 Å².